The Morgan fingerprint density at radius 2 is 2.06 bits per heavy atom. The molecule has 2 aliphatic carbocycles. The quantitative estimate of drug-likeness (QED) is 0.858. The minimum absolute atomic E-state index is 0.219. The molecule has 18 heavy (non-hydrogen) atoms. The van der Waals surface area contributed by atoms with Crippen LogP contribution < -0.4 is 5.73 Å². The lowest BCUT2D eigenvalue weighted by Crippen LogP contribution is -2.34. The van der Waals surface area contributed by atoms with Gasteiger partial charge in [-0.1, -0.05) is 5.16 Å². The highest BCUT2D eigenvalue weighted by atomic mass is 16.5. The number of hydrogen-bond acceptors (Lipinski definition) is 5. The highest BCUT2D eigenvalue weighted by Crippen LogP contribution is 2.51. The Morgan fingerprint density at radius 3 is 2.78 bits per heavy atom. The van der Waals surface area contributed by atoms with Crippen molar-refractivity contribution >= 4 is 0 Å². The van der Waals surface area contributed by atoms with E-state index in [4.69, 9.17) is 15.0 Å². The van der Waals surface area contributed by atoms with Gasteiger partial charge in [-0.2, -0.15) is 4.98 Å². The van der Waals surface area contributed by atoms with Crippen LogP contribution in [-0.4, -0.2) is 29.4 Å². The molecule has 0 spiro atoms. The number of hydrogen-bond donors (Lipinski definition) is 1. The van der Waals surface area contributed by atoms with Gasteiger partial charge in [0.25, 0.3) is 0 Å². The first kappa shape index (κ1) is 10.9. The monoisotopic (exact) mass is 249 g/mol. The van der Waals surface area contributed by atoms with Crippen LogP contribution in [0.25, 0.3) is 0 Å². The van der Waals surface area contributed by atoms with E-state index in [0.29, 0.717) is 23.7 Å². The SMILES string of the molecule is NC1C2CCC(C2)C1c1nc(C2CCOC2)no1. The lowest BCUT2D eigenvalue weighted by atomic mass is 9.85. The first-order chi connectivity index (χ1) is 8.83. The van der Waals surface area contributed by atoms with Crippen molar-refractivity contribution in [2.75, 3.05) is 13.2 Å². The molecule has 98 valence electrons. The minimum Gasteiger partial charge on any atom is -0.381 e. The summed E-state index contributed by atoms with van der Waals surface area (Å²) in [6.45, 7) is 1.53. The van der Waals surface area contributed by atoms with Gasteiger partial charge in [0.2, 0.25) is 5.89 Å². The van der Waals surface area contributed by atoms with Gasteiger partial charge in [-0.3, -0.25) is 0 Å². The van der Waals surface area contributed by atoms with Gasteiger partial charge in [0.15, 0.2) is 5.82 Å². The number of aromatic nitrogens is 2. The molecule has 3 aliphatic rings. The first-order valence-corrected chi connectivity index (χ1v) is 7.00. The largest absolute Gasteiger partial charge is 0.381 e. The third-order valence-electron chi connectivity index (χ3n) is 5.02. The smallest absolute Gasteiger partial charge is 0.231 e. The summed E-state index contributed by atoms with van der Waals surface area (Å²) >= 11 is 0. The maximum Gasteiger partial charge on any atom is 0.231 e. The van der Waals surface area contributed by atoms with E-state index in [0.717, 1.165) is 31.3 Å². The van der Waals surface area contributed by atoms with Crippen LogP contribution in [0.4, 0.5) is 0 Å². The van der Waals surface area contributed by atoms with Gasteiger partial charge in [-0.15, -0.1) is 0 Å². The van der Waals surface area contributed by atoms with Crippen LogP contribution in [0.2, 0.25) is 0 Å². The lowest BCUT2D eigenvalue weighted by molar-refractivity contribution is 0.192. The first-order valence-electron chi connectivity index (χ1n) is 7.00. The molecule has 1 aromatic rings. The Labute approximate surface area is 106 Å². The van der Waals surface area contributed by atoms with Gasteiger partial charge < -0.3 is 15.0 Å². The second-order valence-electron chi connectivity index (χ2n) is 5.99. The average Bonchev–Trinajstić information content (AvgIpc) is 3.13. The normalized spacial score (nSPS) is 42.8. The van der Waals surface area contributed by atoms with E-state index in [1.807, 2.05) is 0 Å². The summed E-state index contributed by atoms with van der Waals surface area (Å²) in [4.78, 5) is 4.61. The van der Waals surface area contributed by atoms with Gasteiger partial charge in [0.05, 0.1) is 12.5 Å². The summed E-state index contributed by atoms with van der Waals surface area (Å²) in [5, 5.41) is 4.14. The van der Waals surface area contributed by atoms with Crippen LogP contribution in [0.1, 0.15) is 49.2 Å². The van der Waals surface area contributed by atoms with Crippen molar-refractivity contribution < 1.29 is 9.26 Å². The molecule has 1 saturated heterocycles. The van der Waals surface area contributed by atoms with Crippen molar-refractivity contribution in [3.63, 3.8) is 0 Å². The summed E-state index contributed by atoms with van der Waals surface area (Å²) in [6.07, 6.45) is 4.80. The van der Waals surface area contributed by atoms with Gasteiger partial charge in [-0.05, 0) is 37.5 Å². The molecule has 5 nitrogen and oxygen atoms in total. The summed E-state index contributed by atoms with van der Waals surface area (Å²) in [7, 11) is 0. The van der Waals surface area contributed by atoms with Crippen molar-refractivity contribution in [1.82, 2.24) is 10.1 Å². The van der Waals surface area contributed by atoms with Gasteiger partial charge in [0, 0.05) is 18.6 Å². The Morgan fingerprint density at radius 1 is 1.17 bits per heavy atom. The highest BCUT2D eigenvalue weighted by Gasteiger charge is 2.49. The van der Waals surface area contributed by atoms with Crippen LogP contribution in [0.15, 0.2) is 4.52 Å². The zero-order valence-electron chi connectivity index (χ0n) is 10.4. The number of nitrogens with two attached hydrogens (primary N) is 1. The molecular weight excluding hydrogens is 230 g/mol. The molecule has 5 heteroatoms. The zero-order chi connectivity index (χ0) is 12.1. The minimum atomic E-state index is 0.219. The molecule has 1 aromatic heterocycles. The zero-order valence-corrected chi connectivity index (χ0v) is 10.4. The van der Waals surface area contributed by atoms with Crippen molar-refractivity contribution in [3.8, 4) is 0 Å². The molecule has 2 N–H and O–H groups in total. The predicted molar refractivity (Wildman–Crippen MR) is 64.0 cm³/mol. The molecular formula is C13H19N3O2. The van der Waals surface area contributed by atoms with Crippen molar-refractivity contribution in [3.05, 3.63) is 11.7 Å². The number of fused-ring (bicyclic) bond motifs is 2. The van der Waals surface area contributed by atoms with E-state index in [1.165, 1.54) is 19.3 Å². The molecule has 5 atom stereocenters. The van der Waals surface area contributed by atoms with Crippen molar-refractivity contribution in [1.29, 1.82) is 0 Å². The summed E-state index contributed by atoms with van der Waals surface area (Å²) in [5.41, 5.74) is 6.31. The van der Waals surface area contributed by atoms with Crippen LogP contribution >= 0.6 is 0 Å². The Balaban J connectivity index is 1.58. The topological polar surface area (TPSA) is 74.2 Å². The second-order valence-corrected chi connectivity index (χ2v) is 5.99. The molecule has 0 radical (unpaired) electrons. The molecule has 5 unspecified atom stereocenters. The van der Waals surface area contributed by atoms with Crippen LogP contribution in [0.3, 0.4) is 0 Å². The Hall–Kier alpha value is -0.940. The fraction of sp³-hybridized carbons (Fsp3) is 0.846. The molecule has 1 aliphatic heterocycles. The lowest BCUT2D eigenvalue weighted by Gasteiger charge is -2.24. The molecule has 4 rings (SSSR count). The molecule has 2 heterocycles. The van der Waals surface area contributed by atoms with Gasteiger partial charge in [-0.25, -0.2) is 0 Å². The molecule has 0 aromatic carbocycles. The summed E-state index contributed by atoms with van der Waals surface area (Å²) in [5.74, 6) is 3.54. The molecule has 3 fully saturated rings. The number of nitrogens with zero attached hydrogens (tertiary/aromatic N) is 2. The van der Waals surface area contributed by atoms with E-state index in [9.17, 15) is 0 Å². The van der Waals surface area contributed by atoms with Crippen LogP contribution in [0.5, 0.6) is 0 Å². The fourth-order valence-electron chi connectivity index (χ4n) is 3.99. The van der Waals surface area contributed by atoms with Gasteiger partial charge >= 0.3 is 0 Å². The number of ether oxygens (including phenoxy) is 1. The van der Waals surface area contributed by atoms with E-state index >= 15 is 0 Å². The maximum absolute atomic E-state index is 6.31. The maximum atomic E-state index is 6.31. The third-order valence-corrected chi connectivity index (χ3v) is 5.02. The second kappa shape index (κ2) is 4.03. The molecule has 2 saturated carbocycles. The van der Waals surface area contributed by atoms with Crippen molar-refractivity contribution in [2.45, 2.75) is 43.6 Å². The van der Waals surface area contributed by atoms with Crippen LogP contribution in [-0.2, 0) is 4.74 Å². The van der Waals surface area contributed by atoms with Gasteiger partial charge in [0.1, 0.15) is 0 Å². The summed E-state index contributed by atoms with van der Waals surface area (Å²) in [6, 6.07) is 0.219. The average molecular weight is 249 g/mol. The standard InChI is InChI=1S/C13H19N3O2/c14-11-8-2-1-7(5-8)10(11)13-15-12(16-18-13)9-3-4-17-6-9/h7-11H,1-6,14H2. The van der Waals surface area contributed by atoms with Crippen molar-refractivity contribution in [2.24, 2.45) is 17.6 Å². The molecule has 0 amide bonds. The highest BCUT2D eigenvalue weighted by molar-refractivity contribution is 5.12. The molecule has 2 bridgehead atoms. The van der Waals surface area contributed by atoms with E-state index in [-0.39, 0.29) is 6.04 Å². The third kappa shape index (κ3) is 1.53. The van der Waals surface area contributed by atoms with E-state index in [1.54, 1.807) is 0 Å². The fourth-order valence-corrected chi connectivity index (χ4v) is 3.99. The Kier molecular flexibility index (Phi) is 2.45. The number of rotatable bonds is 2. The Bertz CT molecular complexity index is 439. The predicted octanol–water partition coefficient (Wildman–Crippen LogP) is 1.41. The van der Waals surface area contributed by atoms with E-state index in [2.05, 4.69) is 10.1 Å². The van der Waals surface area contributed by atoms with E-state index < -0.39 is 0 Å². The summed E-state index contributed by atoms with van der Waals surface area (Å²) < 4.78 is 10.9. The van der Waals surface area contributed by atoms with Crippen LogP contribution in [0, 0.1) is 11.8 Å².